The van der Waals surface area contributed by atoms with Crippen molar-refractivity contribution < 1.29 is 19.4 Å². The molecule has 0 aliphatic heterocycles. The summed E-state index contributed by atoms with van der Waals surface area (Å²) < 4.78 is 10.2. The Labute approximate surface area is 99.3 Å². The highest BCUT2D eigenvalue weighted by Gasteiger charge is 2.22. The smallest absolute Gasteiger partial charge is 0.251 e. The summed E-state index contributed by atoms with van der Waals surface area (Å²) in [6.07, 6.45) is 0.900. The summed E-state index contributed by atoms with van der Waals surface area (Å²) in [4.78, 5) is 11.3. The Morgan fingerprint density at radius 1 is 1.44 bits per heavy atom. The summed E-state index contributed by atoms with van der Waals surface area (Å²) in [6.45, 7) is 3.54. The molecule has 0 unspecified atom stereocenters. The molecule has 1 amide bonds. The molecule has 0 bridgehead atoms. The summed E-state index contributed by atoms with van der Waals surface area (Å²) in [5.74, 6) is -0.366. The fraction of sp³-hybridized carbons (Fsp3) is 0.900. The van der Waals surface area contributed by atoms with E-state index in [0.717, 1.165) is 12.5 Å². The minimum Gasteiger partial charge on any atom is -0.381 e. The van der Waals surface area contributed by atoms with Crippen LogP contribution in [0.4, 0.5) is 0 Å². The van der Waals surface area contributed by atoms with Gasteiger partial charge in [-0.1, -0.05) is 6.04 Å². The molecule has 0 atom stereocenters. The lowest BCUT2D eigenvalue weighted by Crippen LogP contribution is -2.42. The van der Waals surface area contributed by atoms with Crippen molar-refractivity contribution in [1.82, 2.24) is 5.32 Å². The number of carbonyl (C=O) groups is 1. The van der Waals surface area contributed by atoms with Gasteiger partial charge in [0.1, 0.15) is 11.5 Å². The van der Waals surface area contributed by atoms with Gasteiger partial charge in [-0.05, 0) is 20.3 Å². The lowest BCUT2D eigenvalue weighted by molar-refractivity contribution is -0.136. The zero-order chi connectivity index (χ0) is 12.6. The van der Waals surface area contributed by atoms with Crippen LogP contribution < -0.4 is 5.32 Å². The van der Waals surface area contributed by atoms with Gasteiger partial charge in [-0.25, -0.2) is 0 Å². The molecule has 5 nitrogen and oxygen atoms in total. The van der Waals surface area contributed by atoms with E-state index in [1.54, 1.807) is 14.2 Å². The maximum Gasteiger partial charge on any atom is 0.251 e. The van der Waals surface area contributed by atoms with Crippen LogP contribution in [0.1, 0.15) is 20.3 Å². The average molecular weight is 249 g/mol. The molecule has 0 aromatic rings. The summed E-state index contributed by atoms with van der Waals surface area (Å²) in [5, 5.41) is 12.0. The van der Waals surface area contributed by atoms with Crippen molar-refractivity contribution >= 4 is 15.4 Å². The molecule has 0 rings (SSSR count). The van der Waals surface area contributed by atoms with E-state index in [0.29, 0.717) is 6.54 Å². The van der Waals surface area contributed by atoms with Gasteiger partial charge in [0.15, 0.2) is 0 Å². The Hall–Kier alpha value is -0.433. The Kier molecular flexibility index (Phi) is 7.57. The van der Waals surface area contributed by atoms with Crippen LogP contribution in [-0.4, -0.2) is 52.8 Å². The van der Waals surface area contributed by atoms with Crippen LogP contribution in [0.2, 0.25) is 6.04 Å². The molecule has 2 N–H and O–H groups in total. The summed E-state index contributed by atoms with van der Waals surface area (Å²) in [5.41, 5.74) is -1.29. The molecule has 0 aliphatic rings. The first kappa shape index (κ1) is 15.6. The van der Waals surface area contributed by atoms with Crippen LogP contribution in [0, 0.1) is 0 Å². The third-order valence-corrected chi connectivity index (χ3v) is 4.28. The largest absolute Gasteiger partial charge is 0.381 e. The lowest BCUT2D eigenvalue weighted by Gasteiger charge is -2.17. The molecule has 6 heteroatoms. The van der Waals surface area contributed by atoms with E-state index in [-0.39, 0.29) is 11.8 Å². The van der Waals surface area contributed by atoms with Crippen molar-refractivity contribution in [2.24, 2.45) is 0 Å². The average Bonchev–Trinajstić information content (AvgIpc) is 2.21. The molecule has 0 aromatic carbocycles. The molecule has 16 heavy (non-hydrogen) atoms. The number of carbonyl (C=O) groups excluding carboxylic acids is 1. The second-order valence-corrected chi connectivity index (χ2v) is 6.16. The second-order valence-electron chi connectivity index (χ2n) is 4.21. The van der Waals surface area contributed by atoms with Gasteiger partial charge < -0.3 is 19.9 Å². The van der Waals surface area contributed by atoms with Crippen LogP contribution in [0.3, 0.4) is 0 Å². The molecule has 0 spiro atoms. The first-order chi connectivity index (χ1) is 7.41. The monoisotopic (exact) mass is 249 g/mol. The number of rotatable bonds is 8. The van der Waals surface area contributed by atoms with Crippen molar-refractivity contribution in [3.8, 4) is 0 Å². The van der Waals surface area contributed by atoms with E-state index in [2.05, 4.69) is 5.32 Å². The van der Waals surface area contributed by atoms with Crippen molar-refractivity contribution in [3.63, 3.8) is 0 Å². The van der Waals surface area contributed by atoms with E-state index < -0.39 is 15.1 Å². The molecule has 0 radical (unpaired) electrons. The molecular formula is C10H23NO4Si. The van der Waals surface area contributed by atoms with Gasteiger partial charge in [0.2, 0.25) is 0 Å². The Morgan fingerprint density at radius 3 is 2.44 bits per heavy atom. The standard InChI is InChI=1S/C10H23NO4Si/c1-10(2,13)8(12)11-6-5-7-16-9(14-3)15-4/h9,13H,5-7,16H2,1-4H3,(H,11,12). The fourth-order valence-corrected chi connectivity index (χ4v) is 2.53. The number of nitrogens with one attached hydrogen (secondary N) is 1. The first-order valence-electron chi connectivity index (χ1n) is 5.48. The van der Waals surface area contributed by atoms with Gasteiger partial charge >= 0.3 is 0 Å². The Bertz CT molecular complexity index is 201. The van der Waals surface area contributed by atoms with E-state index in [1.165, 1.54) is 13.8 Å². The summed E-state index contributed by atoms with van der Waals surface area (Å²) >= 11 is 0. The third-order valence-electron chi connectivity index (χ3n) is 2.23. The van der Waals surface area contributed by atoms with E-state index in [9.17, 15) is 9.90 Å². The molecule has 0 saturated heterocycles. The van der Waals surface area contributed by atoms with Gasteiger partial charge in [0.25, 0.3) is 5.91 Å². The van der Waals surface area contributed by atoms with Gasteiger partial charge in [-0.3, -0.25) is 4.79 Å². The number of ether oxygens (including phenoxy) is 2. The molecule has 0 aromatic heterocycles. The zero-order valence-corrected chi connectivity index (χ0v) is 12.0. The van der Waals surface area contributed by atoms with Gasteiger partial charge in [-0.2, -0.15) is 0 Å². The fourth-order valence-electron chi connectivity index (χ4n) is 1.19. The van der Waals surface area contributed by atoms with E-state index in [4.69, 9.17) is 9.47 Å². The van der Waals surface area contributed by atoms with Gasteiger partial charge in [0.05, 0.1) is 9.52 Å². The molecule has 0 fully saturated rings. The highest BCUT2D eigenvalue weighted by atomic mass is 28.2. The maximum atomic E-state index is 11.3. The molecule has 96 valence electrons. The lowest BCUT2D eigenvalue weighted by atomic mass is 10.1. The molecule has 0 saturated carbocycles. The van der Waals surface area contributed by atoms with Crippen LogP contribution in [-0.2, 0) is 14.3 Å². The quantitative estimate of drug-likeness (QED) is 0.343. The SMILES string of the molecule is COC(OC)[SiH2]CCCNC(=O)C(C)(C)O. The Morgan fingerprint density at radius 2 is 2.00 bits per heavy atom. The van der Waals surface area contributed by atoms with Crippen LogP contribution in [0.15, 0.2) is 0 Å². The number of hydrogen-bond donors (Lipinski definition) is 2. The maximum absolute atomic E-state index is 11.3. The Balaban J connectivity index is 3.51. The minimum atomic E-state index is -1.29. The number of methoxy groups -OCH3 is 2. The van der Waals surface area contributed by atoms with E-state index in [1.807, 2.05) is 0 Å². The zero-order valence-electron chi connectivity index (χ0n) is 10.6. The topological polar surface area (TPSA) is 67.8 Å². The van der Waals surface area contributed by atoms with Gasteiger partial charge in [-0.15, -0.1) is 0 Å². The van der Waals surface area contributed by atoms with Crippen molar-refractivity contribution in [2.45, 2.75) is 37.8 Å². The van der Waals surface area contributed by atoms with Crippen molar-refractivity contribution in [2.75, 3.05) is 20.8 Å². The molecule has 0 heterocycles. The first-order valence-corrected chi connectivity index (χ1v) is 7.29. The van der Waals surface area contributed by atoms with Crippen molar-refractivity contribution in [1.29, 1.82) is 0 Å². The number of hydrogen-bond acceptors (Lipinski definition) is 4. The number of aliphatic hydroxyl groups is 1. The third kappa shape index (κ3) is 6.94. The van der Waals surface area contributed by atoms with Crippen LogP contribution >= 0.6 is 0 Å². The second kappa shape index (κ2) is 7.78. The van der Waals surface area contributed by atoms with Crippen molar-refractivity contribution in [3.05, 3.63) is 0 Å². The molecular weight excluding hydrogens is 226 g/mol. The predicted molar refractivity (Wildman–Crippen MR) is 65.1 cm³/mol. The highest BCUT2D eigenvalue weighted by molar-refractivity contribution is 6.36. The van der Waals surface area contributed by atoms with Gasteiger partial charge in [0, 0.05) is 20.8 Å². The molecule has 0 aliphatic carbocycles. The number of amides is 1. The van der Waals surface area contributed by atoms with Crippen LogP contribution in [0.5, 0.6) is 0 Å². The summed E-state index contributed by atoms with van der Waals surface area (Å²) in [6, 6.07) is 1.04. The normalized spacial score (nSPS) is 12.6. The van der Waals surface area contributed by atoms with Crippen LogP contribution in [0.25, 0.3) is 0 Å². The highest BCUT2D eigenvalue weighted by Crippen LogP contribution is 2.00. The van der Waals surface area contributed by atoms with E-state index >= 15 is 0 Å². The predicted octanol–water partition coefficient (Wildman–Crippen LogP) is -0.573. The minimum absolute atomic E-state index is 0.0371. The summed E-state index contributed by atoms with van der Waals surface area (Å²) in [7, 11) is 2.86.